The number of aromatic nitrogens is 3. The molecule has 0 bridgehead atoms. The monoisotopic (exact) mass is 448 g/mol. The zero-order valence-electron chi connectivity index (χ0n) is 19.4. The van der Waals surface area contributed by atoms with Crippen molar-refractivity contribution in [2.24, 2.45) is 7.05 Å². The first-order valence-electron chi connectivity index (χ1n) is 12.1. The van der Waals surface area contributed by atoms with E-state index >= 15 is 0 Å². The largest absolute Gasteiger partial charge is 0.339 e. The van der Waals surface area contributed by atoms with Gasteiger partial charge in [-0.15, -0.1) is 0 Å². The fourth-order valence-electron chi connectivity index (χ4n) is 5.17. The highest BCUT2D eigenvalue weighted by atomic mass is 16.2. The Kier molecular flexibility index (Phi) is 5.17. The number of carbonyl (C=O) groups excluding carboxylic acids is 1. The molecule has 3 aromatic carbocycles. The zero-order valence-corrected chi connectivity index (χ0v) is 19.4. The van der Waals surface area contributed by atoms with E-state index in [1.807, 2.05) is 29.2 Å². The molecule has 170 valence electrons. The summed E-state index contributed by atoms with van der Waals surface area (Å²) < 4.78 is 4.48. The number of hydrogen-bond donors (Lipinski definition) is 0. The van der Waals surface area contributed by atoms with E-state index in [4.69, 9.17) is 4.98 Å². The Morgan fingerprint density at radius 1 is 0.853 bits per heavy atom. The SMILES string of the molecule is Cn1c(-c2cc3ccccc3n2Cc2ccccc2)nc2cc(C(=O)N3CCCCC3)ccc21. The lowest BCUT2D eigenvalue weighted by Gasteiger charge is -2.26. The molecular weight excluding hydrogens is 420 g/mol. The van der Waals surface area contributed by atoms with Gasteiger partial charge < -0.3 is 14.0 Å². The Bertz CT molecular complexity index is 1490. The summed E-state index contributed by atoms with van der Waals surface area (Å²) >= 11 is 0. The number of hydrogen-bond acceptors (Lipinski definition) is 2. The van der Waals surface area contributed by atoms with Crippen LogP contribution in [0.2, 0.25) is 0 Å². The molecule has 2 aromatic heterocycles. The minimum Gasteiger partial charge on any atom is -0.339 e. The Hall–Kier alpha value is -3.86. The molecule has 1 amide bonds. The van der Waals surface area contributed by atoms with Crippen molar-refractivity contribution in [3.63, 3.8) is 0 Å². The number of benzene rings is 3. The number of carbonyl (C=O) groups is 1. The molecule has 0 spiro atoms. The normalized spacial score (nSPS) is 14.2. The summed E-state index contributed by atoms with van der Waals surface area (Å²) in [5, 5.41) is 1.20. The first-order valence-corrected chi connectivity index (χ1v) is 12.1. The van der Waals surface area contributed by atoms with Gasteiger partial charge in [0.15, 0.2) is 5.82 Å². The third-order valence-electron chi connectivity index (χ3n) is 6.99. The predicted octanol–water partition coefficient (Wildman–Crippen LogP) is 5.87. The number of rotatable bonds is 4. The smallest absolute Gasteiger partial charge is 0.253 e. The van der Waals surface area contributed by atoms with E-state index in [0.29, 0.717) is 0 Å². The van der Waals surface area contributed by atoms with Crippen molar-refractivity contribution in [1.29, 1.82) is 0 Å². The second-order valence-corrected chi connectivity index (χ2v) is 9.21. The van der Waals surface area contributed by atoms with Crippen LogP contribution in [0.1, 0.15) is 35.2 Å². The van der Waals surface area contributed by atoms with Crippen molar-refractivity contribution >= 4 is 27.8 Å². The maximum Gasteiger partial charge on any atom is 0.253 e. The standard InChI is InChI=1S/C29H28N4O/c1-31-26-15-14-23(29(34)32-16-8-3-9-17-32)18-24(26)30-28(31)27-19-22-12-6-7-13-25(22)33(27)20-21-10-4-2-5-11-21/h2,4-7,10-15,18-19H,3,8-9,16-17,20H2,1H3. The Labute approximate surface area is 199 Å². The number of fused-ring (bicyclic) bond motifs is 2. The van der Waals surface area contributed by atoms with Crippen LogP contribution in [0.15, 0.2) is 78.9 Å². The molecular formula is C29H28N4O. The van der Waals surface area contributed by atoms with Gasteiger partial charge >= 0.3 is 0 Å². The topological polar surface area (TPSA) is 43.1 Å². The van der Waals surface area contributed by atoms with E-state index in [1.165, 1.54) is 22.9 Å². The molecule has 1 fully saturated rings. The van der Waals surface area contributed by atoms with E-state index in [9.17, 15) is 4.79 Å². The van der Waals surface area contributed by atoms with Gasteiger partial charge in [0.2, 0.25) is 0 Å². The number of aryl methyl sites for hydroxylation is 1. The van der Waals surface area contributed by atoms with Gasteiger partial charge in [-0.05, 0) is 55.2 Å². The highest BCUT2D eigenvalue weighted by Gasteiger charge is 2.21. The predicted molar refractivity (Wildman–Crippen MR) is 137 cm³/mol. The van der Waals surface area contributed by atoms with Crippen LogP contribution in [-0.4, -0.2) is 38.0 Å². The number of nitrogens with zero attached hydrogens (tertiary/aromatic N) is 4. The Balaban J connectivity index is 1.45. The second-order valence-electron chi connectivity index (χ2n) is 9.21. The minimum absolute atomic E-state index is 0.118. The number of piperidine rings is 1. The second kappa shape index (κ2) is 8.49. The van der Waals surface area contributed by atoms with Crippen molar-refractivity contribution in [2.45, 2.75) is 25.8 Å². The van der Waals surface area contributed by atoms with Crippen LogP contribution < -0.4 is 0 Å². The van der Waals surface area contributed by atoms with E-state index in [-0.39, 0.29) is 5.91 Å². The molecule has 0 N–H and O–H groups in total. The maximum absolute atomic E-state index is 13.1. The third-order valence-corrected chi connectivity index (χ3v) is 6.99. The molecule has 0 unspecified atom stereocenters. The lowest BCUT2D eigenvalue weighted by Crippen LogP contribution is -2.35. The van der Waals surface area contributed by atoms with E-state index in [2.05, 4.69) is 70.8 Å². The summed E-state index contributed by atoms with van der Waals surface area (Å²) in [5.41, 5.74) is 6.13. The third kappa shape index (κ3) is 3.58. The first kappa shape index (κ1) is 20.7. The number of imidazole rings is 1. The maximum atomic E-state index is 13.1. The number of likely N-dealkylation sites (tertiary alicyclic amines) is 1. The minimum atomic E-state index is 0.118. The fraction of sp³-hybridized carbons (Fsp3) is 0.241. The molecule has 3 heterocycles. The molecule has 5 nitrogen and oxygen atoms in total. The lowest BCUT2D eigenvalue weighted by molar-refractivity contribution is 0.0724. The van der Waals surface area contributed by atoms with Crippen LogP contribution >= 0.6 is 0 Å². The molecule has 0 aliphatic carbocycles. The average molecular weight is 449 g/mol. The van der Waals surface area contributed by atoms with E-state index in [0.717, 1.165) is 60.6 Å². The van der Waals surface area contributed by atoms with Crippen LogP contribution in [0.4, 0.5) is 0 Å². The molecule has 5 heteroatoms. The van der Waals surface area contributed by atoms with Crippen LogP contribution in [0.3, 0.4) is 0 Å². The molecule has 34 heavy (non-hydrogen) atoms. The number of amides is 1. The lowest BCUT2D eigenvalue weighted by atomic mass is 10.1. The van der Waals surface area contributed by atoms with Crippen LogP contribution in [-0.2, 0) is 13.6 Å². The zero-order chi connectivity index (χ0) is 23.1. The summed E-state index contributed by atoms with van der Waals surface area (Å²) in [4.78, 5) is 20.1. The van der Waals surface area contributed by atoms with Crippen molar-refractivity contribution in [3.8, 4) is 11.5 Å². The van der Waals surface area contributed by atoms with Crippen molar-refractivity contribution in [3.05, 3.63) is 90.0 Å². The first-order chi connectivity index (χ1) is 16.7. The molecule has 1 saturated heterocycles. The average Bonchev–Trinajstić information content (AvgIpc) is 3.41. The van der Waals surface area contributed by atoms with Crippen LogP contribution in [0.5, 0.6) is 0 Å². The molecule has 0 atom stereocenters. The quantitative estimate of drug-likeness (QED) is 0.345. The van der Waals surface area contributed by atoms with Crippen LogP contribution in [0.25, 0.3) is 33.5 Å². The van der Waals surface area contributed by atoms with Crippen molar-refractivity contribution in [1.82, 2.24) is 19.0 Å². The summed E-state index contributed by atoms with van der Waals surface area (Å²) in [5.74, 6) is 1.02. The fourth-order valence-corrected chi connectivity index (χ4v) is 5.17. The van der Waals surface area contributed by atoms with E-state index < -0.39 is 0 Å². The molecule has 5 aromatic rings. The molecule has 0 radical (unpaired) electrons. The molecule has 0 saturated carbocycles. The van der Waals surface area contributed by atoms with Gasteiger partial charge in [0, 0.05) is 43.1 Å². The van der Waals surface area contributed by atoms with Gasteiger partial charge in [0.05, 0.1) is 16.7 Å². The van der Waals surface area contributed by atoms with Gasteiger partial charge in [-0.2, -0.15) is 0 Å². The van der Waals surface area contributed by atoms with Crippen molar-refractivity contribution in [2.75, 3.05) is 13.1 Å². The molecule has 6 rings (SSSR count). The molecule has 1 aliphatic heterocycles. The van der Waals surface area contributed by atoms with Crippen molar-refractivity contribution < 1.29 is 4.79 Å². The molecule has 1 aliphatic rings. The highest BCUT2D eigenvalue weighted by molar-refractivity contribution is 5.98. The van der Waals surface area contributed by atoms with Gasteiger partial charge in [0.1, 0.15) is 0 Å². The summed E-state index contributed by atoms with van der Waals surface area (Å²) in [6, 6.07) is 27.2. The summed E-state index contributed by atoms with van der Waals surface area (Å²) in [6.45, 7) is 2.47. The highest BCUT2D eigenvalue weighted by Crippen LogP contribution is 2.31. The summed E-state index contributed by atoms with van der Waals surface area (Å²) in [6.07, 6.45) is 3.39. The number of para-hydroxylation sites is 1. The Morgan fingerprint density at radius 2 is 1.62 bits per heavy atom. The van der Waals surface area contributed by atoms with Crippen LogP contribution in [0, 0.1) is 0 Å². The van der Waals surface area contributed by atoms with Gasteiger partial charge in [-0.3, -0.25) is 4.79 Å². The summed E-state index contributed by atoms with van der Waals surface area (Å²) in [7, 11) is 2.06. The van der Waals surface area contributed by atoms with E-state index in [1.54, 1.807) is 0 Å². The van der Waals surface area contributed by atoms with Gasteiger partial charge in [-0.1, -0.05) is 48.5 Å². The van der Waals surface area contributed by atoms with Gasteiger partial charge in [0.25, 0.3) is 5.91 Å². The van der Waals surface area contributed by atoms with Gasteiger partial charge in [-0.25, -0.2) is 4.98 Å². The Morgan fingerprint density at radius 3 is 2.44 bits per heavy atom.